The quantitative estimate of drug-likeness (QED) is 0.137. The number of carbonyl (C=O) groups excluding carboxylic acids is 1. The first-order valence-electron chi connectivity index (χ1n) is 14.0. The summed E-state index contributed by atoms with van der Waals surface area (Å²) in [4.78, 5) is 32.5. The average molecular weight is 795 g/mol. The van der Waals surface area contributed by atoms with E-state index in [9.17, 15) is 9.59 Å². The van der Waals surface area contributed by atoms with Crippen molar-refractivity contribution in [1.29, 1.82) is 0 Å². The number of thiazole rings is 1. The highest BCUT2D eigenvalue weighted by atomic mass is 127. The van der Waals surface area contributed by atoms with E-state index in [4.69, 9.17) is 46.9 Å². The molecule has 13 heteroatoms. The minimum atomic E-state index is -0.844. The van der Waals surface area contributed by atoms with Gasteiger partial charge in [0.25, 0.3) is 5.56 Å². The SMILES string of the molecule is CCOC(=O)C1=C(C)N=c2s/c(=C\c3cc(I)c(OCc4ccc(Cl)cc4Cl)c(OC)c3)c(=O)n2[C@H]1c1ccc(OC)cc1OC. The lowest BCUT2D eigenvalue weighted by atomic mass is 9.95. The van der Waals surface area contributed by atoms with E-state index < -0.39 is 12.0 Å². The van der Waals surface area contributed by atoms with E-state index >= 15 is 0 Å². The molecule has 0 amide bonds. The van der Waals surface area contributed by atoms with Gasteiger partial charge in [-0.2, -0.15) is 0 Å². The Morgan fingerprint density at radius 2 is 1.80 bits per heavy atom. The van der Waals surface area contributed by atoms with Crippen LogP contribution >= 0.6 is 57.1 Å². The molecule has 0 aliphatic carbocycles. The van der Waals surface area contributed by atoms with Crippen LogP contribution < -0.4 is 33.8 Å². The van der Waals surface area contributed by atoms with Crippen LogP contribution in [0.4, 0.5) is 0 Å². The normalized spacial score (nSPS) is 14.4. The molecule has 0 radical (unpaired) electrons. The number of carbonyl (C=O) groups is 1. The van der Waals surface area contributed by atoms with Gasteiger partial charge in [0.2, 0.25) is 0 Å². The number of methoxy groups -OCH3 is 3. The van der Waals surface area contributed by atoms with Crippen LogP contribution in [-0.2, 0) is 16.1 Å². The molecule has 46 heavy (non-hydrogen) atoms. The molecule has 3 aromatic carbocycles. The summed E-state index contributed by atoms with van der Waals surface area (Å²) in [6.07, 6.45) is 1.76. The molecule has 2 heterocycles. The van der Waals surface area contributed by atoms with Gasteiger partial charge in [0.05, 0.1) is 47.3 Å². The first-order chi connectivity index (χ1) is 22.1. The van der Waals surface area contributed by atoms with Crippen molar-refractivity contribution in [3.63, 3.8) is 0 Å². The molecule has 0 saturated carbocycles. The third-order valence-electron chi connectivity index (χ3n) is 7.19. The lowest BCUT2D eigenvalue weighted by Crippen LogP contribution is -2.40. The number of benzene rings is 3. The Kier molecular flexibility index (Phi) is 10.7. The Morgan fingerprint density at radius 3 is 2.48 bits per heavy atom. The Hall–Kier alpha value is -3.52. The summed E-state index contributed by atoms with van der Waals surface area (Å²) >= 11 is 15.7. The second-order valence-corrected chi connectivity index (χ2v) is 13.0. The van der Waals surface area contributed by atoms with Crippen molar-refractivity contribution in [1.82, 2.24) is 4.57 Å². The summed E-state index contributed by atoms with van der Waals surface area (Å²) in [5, 5.41) is 1.04. The Morgan fingerprint density at radius 1 is 1.04 bits per heavy atom. The lowest BCUT2D eigenvalue weighted by molar-refractivity contribution is -0.139. The molecule has 9 nitrogen and oxygen atoms in total. The van der Waals surface area contributed by atoms with Gasteiger partial charge < -0.3 is 23.7 Å². The van der Waals surface area contributed by atoms with Gasteiger partial charge in [-0.05, 0) is 84.5 Å². The molecule has 1 aliphatic rings. The number of nitrogens with zero attached hydrogens (tertiary/aromatic N) is 2. The van der Waals surface area contributed by atoms with Crippen LogP contribution in [0, 0.1) is 3.57 Å². The summed E-state index contributed by atoms with van der Waals surface area (Å²) in [6.45, 7) is 3.83. The van der Waals surface area contributed by atoms with Crippen molar-refractivity contribution >= 4 is 69.2 Å². The van der Waals surface area contributed by atoms with Crippen LogP contribution in [0.2, 0.25) is 10.0 Å². The van der Waals surface area contributed by atoms with Crippen LogP contribution in [0.1, 0.15) is 36.6 Å². The third-order valence-corrected chi connectivity index (χ3v) is 9.56. The summed E-state index contributed by atoms with van der Waals surface area (Å²) in [5.41, 5.74) is 2.45. The fourth-order valence-corrected chi connectivity index (χ4v) is 7.32. The summed E-state index contributed by atoms with van der Waals surface area (Å²) in [5.74, 6) is 1.48. The second kappa shape index (κ2) is 14.5. The van der Waals surface area contributed by atoms with E-state index in [0.29, 0.717) is 59.2 Å². The molecule has 4 aromatic rings. The van der Waals surface area contributed by atoms with Crippen LogP contribution in [0.15, 0.2) is 69.6 Å². The summed E-state index contributed by atoms with van der Waals surface area (Å²) in [7, 11) is 4.62. The fraction of sp³-hybridized carbons (Fsp3) is 0.242. The van der Waals surface area contributed by atoms with E-state index in [1.807, 2.05) is 12.1 Å². The van der Waals surface area contributed by atoms with E-state index in [0.717, 1.165) is 9.13 Å². The molecule has 0 bridgehead atoms. The number of ether oxygens (including phenoxy) is 5. The predicted molar refractivity (Wildman–Crippen MR) is 186 cm³/mol. The highest BCUT2D eigenvalue weighted by molar-refractivity contribution is 14.1. The van der Waals surface area contributed by atoms with E-state index in [1.54, 1.807) is 70.5 Å². The molecular formula is C33H29Cl2IN2O7S. The number of hydrogen-bond acceptors (Lipinski definition) is 9. The van der Waals surface area contributed by atoms with Crippen molar-refractivity contribution in [2.45, 2.75) is 26.5 Å². The maximum absolute atomic E-state index is 14.1. The molecule has 0 fully saturated rings. The Labute approximate surface area is 292 Å². The van der Waals surface area contributed by atoms with Gasteiger partial charge in [-0.3, -0.25) is 9.36 Å². The van der Waals surface area contributed by atoms with Crippen molar-refractivity contribution in [3.05, 3.63) is 110 Å². The number of rotatable bonds is 10. The predicted octanol–water partition coefficient (Wildman–Crippen LogP) is 6.31. The number of aromatic nitrogens is 1. The van der Waals surface area contributed by atoms with Gasteiger partial charge in [-0.15, -0.1) is 0 Å². The maximum atomic E-state index is 14.1. The minimum Gasteiger partial charge on any atom is -0.497 e. The van der Waals surface area contributed by atoms with Gasteiger partial charge in [0, 0.05) is 27.2 Å². The monoisotopic (exact) mass is 794 g/mol. The number of halogens is 3. The van der Waals surface area contributed by atoms with E-state index in [1.165, 1.54) is 23.0 Å². The van der Waals surface area contributed by atoms with Crippen LogP contribution in [0.5, 0.6) is 23.0 Å². The fourth-order valence-electron chi connectivity index (χ4n) is 5.03. The van der Waals surface area contributed by atoms with E-state index in [2.05, 4.69) is 27.6 Å². The molecule has 0 spiro atoms. The molecule has 0 N–H and O–H groups in total. The topological polar surface area (TPSA) is 97.6 Å². The van der Waals surface area contributed by atoms with Crippen molar-refractivity contribution < 1.29 is 28.5 Å². The zero-order valence-electron chi connectivity index (χ0n) is 25.5. The molecule has 0 saturated heterocycles. The third kappa shape index (κ3) is 6.78. The van der Waals surface area contributed by atoms with Gasteiger partial charge >= 0.3 is 5.97 Å². The van der Waals surface area contributed by atoms with Gasteiger partial charge in [0.1, 0.15) is 24.1 Å². The number of allylic oxidation sites excluding steroid dienone is 1. The lowest BCUT2D eigenvalue weighted by Gasteiger charge is -2.26. The van der Waals surface area contributed by atoms with Gasteiger partial charge in [-0.1, -0.05) is 40.6 Å². The Balaban J connectivity index is 1.60. The number of esters is 1. The largest absolute Gasteiger partial charge is 0.497 e. The summed E-state index contributed by atoms with van der Waals surface area (Å²) in [6, 6.07) is 13.3. The first kappa shape index (κ1) is 33.8. The van der Waals surface area contributed by atoms with Crippen LogP contribution in [0.25, 0.3) is 6.08 Å². The van der Waals surface area contributed by atoms with Crippen LogP contribution in [-0.4, -0.2) is 38.5 Å². The molecule has 5 rings (SSSR count). The summed E-state index contributed by atoms with van der Waals surface area (Å²) < 4.78 is 30.9. The highest BCUT2D eigenvalue weighted by Gasteiger charge is 2.35. The average Bonchev–Trinajstić information content (AvgIpc) is 3.33. The van der Waals surface area contributed by atoms with Gasteiger partial charge in [0.15, 0.2) is 16.3 Å². The van der Waals surface area contributed by atoms with Gasteiger partial charge in [-0.25, -0.2) is 9.79 Å². The Bertz CT molecular complexity index is 2040. The van der Waals surface area contributed by atoms with E-state index in [-0.39, 0.29) is 24.3 Å². The zero-order valence-corrected chi connectivity index (χ0v) is 30.0. The van der Waals surface area contributed by atoms with Crippen LogP contribution in [0.3, 0.4) is 0 Å². The zero-order chi connectivity index (χ0) is 33.1. The minimum absolute atomic E-state index is 0.166. The van der Waals surface area contributed by atoms with Crippen molar-refractivity contribution in [3.8, 4) is 23.0 Å². The van der Waals surface area contributed by atoms with Crippen molar-refractivity contribution in [2.24, 2.45) is 4.99 Å². The number of hydrogen-bond donors (Lipinski definition) is 0. The highest BCUT2D eigenvalue weighted by Crippen LogP contribution is 2.38. The molecule has 240 valence electrons. The molecule has 1 aromatic heterocycles. The molecule has 0 unspecified atom stereocenters. The first-order valence-corrected chi connectivity index (χ1v) is 16.6. The molecule has 1 atom stereocenters. The standard InChI is InChI=1S/C33H29Cl2IN2O7S/c1-6-44-32(40)28-17(2)37-33-38(29(28)22-10-9-21(41-3)15-25(22)42-4)31(39)27(46-33)13-18-11-24(36)30(26(12-18)43-5)45-16-19-7-8-20(34)14-23(19)35/h7-15,29H,6,16H2,1-5H3/b27-13-/t29-/m0/s1. The smallest absolute Gasteiger partial charge is 0.338 e. The molecular weight excluding hydrogens is 766 g/mol. The number of fused-ring (bicyclic) bond motifs is 1. The van der Waals surface area contributed by atoms with Crippen molar-refractivity contribution in [2.75, 3.05) is 27.9 Å². The second-order valence-electron chi connectivity index (χ2n) is 9.97. The maximum Gasteiger partial charge on any atom is 0.338 e. The molecule has 1 aliphatic heterocycles.